The van der Waals surface area contributed by atoms with Crippen LogP contribution in [0.4, 0.5) is 4.79 Å². The zero-order valence-corrected chi connectivity index (χ0v) is 27.1. The minimum atomic E-state index is -0.935. The number of nitrogens with one attached hydrogen (secondary N) is 2. The molecule has 1 unspecified atom stereocenters. The van der Waals surface area contributed by atoms with Crippen LogP contribution in [0.3, 0.4) is 0 Å². The molecule has 1 aromatic heterocycles. The number of ether oxygens (including phenoxy) is 1. The predicted molar refractivity (Wildman–Crippen MR) is 175 cm³/mol. The van der Waals surface area contributed by atoms with Crippen LogP contribution in [0.2, 0.25) is 0 Å². The smallest absolute Gasteiger partial charge is 0.408 e. The van der Waals surface area contributed by atoms with Gasteiger partial charge in [-0.2, -0.15) is 4.98 Å². The summed E-state index contributed by atoms with van der Waals surface area (Å²) < 4.78 is 10.8. The molecule has 3 atom stereocenters. The Hall–Kier alpha value is -5.06. The first-order valence-electron chi connectivity index (χ1n) is 16.0. The van der Waals surface area contributed by atoms with Gasteiger partial charge in [0.1, 0.15) is 18.7 Å². The summed E-state index contributed by atoms with van der Waals surface area (Å²) in [5, 5.41) is 11.6. The molecule has 3 aromatic carbocycles. The molecule has 4 aromatic rings. The molecule has 1 aliphatic rings. The molecule has 0 spiro atoms. The van der Waals surface area contributed by atoms with Crippen LogP contribution in [0, 0.1) is 11.8 Å². The van der Waals surface area contributed by atoms with Gasteiger partial charge in [0.15, 0.2) is 0 Å². The maximum atomic E-state index is 13.7. The van der Waals surface area contributed by atoms with Crippen molar-refractivity contribution >= 4 is 34.5 Å². The van der Waals surface area contributed by atoms with Crippen LogP contribution in [0.1, 0.15) is 68.2 Å². The van der Waals surface area contributed by atoms with Crippen LogP contribution >= 0.6 is 0 Å². The Morgan fingerprint density at radius 1 is 0.894 bits per heavy atom. The minimum Gasteiger partial charge on any atom is -0.445 e. The Labute approximate surface area is 274 Å². The van der Waals surface area contributed by atoms with Crippen molar-refractivity contribution in [3.8, 4) is 0 Å². The zero-order chi connectivity index (χ0) is 33.5. The number of hydrogen-bond donors (Lipinski definition) is 2. The van der Waals surface area contributed by atoms with Crippen LogP contribution in [-0.2, 0) is 27.4 Å². The van der Waals surface area contributed by atoms with E-state index in [0.29, 0.717) is 31.7 Å². The maximum absolute atomic E-state index is 13.7. The lowest BCUT2D eigenvalue weighted by Gasteiger charge is -2.31. The quantitative estimate of drug-likeness (QED) is 0.204. The lowest BCUT2D eigenvalue weighted by Crippen LogP contribution is -2.57. The van der Waals surface area contributed by atoms with Gasteiger partial charge in [-0.15, -0.1) is 0 Å². The van der Waals surface area contributed by atoms with E-state index in [1.165, 1.54) is 4.90 Å². The highest BCUT2D eigenvalue weighted by molar-refractivity contribution is 6.00. The molecule has 3 amide bonds. The fourth-order valence-electron chi connectivity index (χ4n) is 5.85. The van der Waals surface area contributed by atoms with Gasteiger partial charge in [0.05, 0.1) is 12.5 Å². The maximum Gasteiger partial charge on any atom is 0.408 e. The molecule has 1 saturated heterocycles. The third-order valence-electron chi connectivity index (χ3n) is 8.41. The molecular weight excluding hydrogens is 598 g/mol. The van der Waals surface area contributed by atoms with Crippen molar-refractivity contribution in [1.82, 2.24) is 25.7 Å². The van der Waals surface area contributed by atoms with Crippen molar-refractivity contribution in [2.45, 2.75) is 71.7 Å². The Morgan fingerprint density at radius 3 is 2.34 bits per heavy atom. The summed E-state index contributed by atoms with van der Waals surface area (Å²) in [5.41, 5.74) is 1.81. The number of aromatic nitrogens is 2. The van der Waals surface area contributed by atoms with E-state index < -0.39 is 35.9 Å². The first-order chi connectivity index (χ1) is 22.6. The number of benzene rings is 3. The summed E-state index contributed by atoms with van der Waals surface area (Å²) in [7, 11) is 0. The lowest BCUT2D eigenvalue weighted by molar-refractivity contribution is -0.141. The van der Waals surface area contributed by atoms with Gasteiger partial charge in [0.2, 0.25) is 29.3 Å². The van der Waals surface area contributed by atoms with E-state index in [9.17, 15) is 19.2 Å². The standard InChI is InChI=1S/C36H41N5O6/c1-22(2)30(32(42)33-37-29(47-40-33)20-26-16-10-15-25-14-8-9-17-27(25)26)38-34(43)28-18-11-19-41(28)35(44)31(23(3)4)39-36(45)46-21-24-12-6-5-7-13-24/h5-10,12-17,22-23,28,30-31H,11,18-21H2,1-4H3,(H,38,43)(H,39,45)/t28?,30-,31-/m0/s1. The molecule has 2 N–H and O–H groups in total. The summed E-state index contributed by atoms with van der Waals surface area (Å²) in [6.45, 7) is 7.68. The van der Waals surface area contributed by atoms with Crippen LogP contribution in [0.5, 0.6) is 0 Å². The first kappa shape index (κ1) is 33.3. The second kappa shape index (κ2) is 15.0. The summed E-state index contributed by atoms with van der Waals surface area (Å²) in [5.74, 6) is -1.67. The highest BCUT2D eigenvalue weighted by Gasteiger charge is 2.40. The van der Waals surface area contributed by atoms with Crippen molar-refractivity contribution in [2.75, 3.05) is 6.54 Å². The Kier molecular flexibility index (Phi) is 10.6. The molecule has 2 heterocycles. The number of Topliss-reactive ketones (excluding diaryl/α,β-unsaturated/α-hetero) is 1. The average Bonchev–Trinajstić information content (AvgIpc) is 3.75. The average molecular weight is 640 g/mol. The molecule has 0 aliphatic carbocycles. The summed E-state index contributed by atoms with van der Waals surface area (Å²) >= 11 is 0. The molecule has 0 bridgehead atoms. The lowest BCUT2D eigenvalue weighted by atomic mass is 9.98. The van der Waals surface area contributed by atoms with Crippen molar-refractivity contribution in [3.05, 3.63) is 95.6 Å². The van der Waals surface area contributed by atoms with Gasteiger partial charge < -0.3 is 24.8 Å². The summed E-state index contributed by atoms with van der Waals surface area (Å²) in [6.07, 6.45) is 0.670. The number of rotatable bonds is 12. The topological polar surface area (TPSA) is 144 Å². The Bertz CT molecular complexity index is 1710. The minimum absolute atomic E-state index is 0.0656. The Balaban J connectivity index is 1.23. The molecule has 246 valence electrons. The van der Waals surface area contributed by atoms with Gasteiger partial charge in [-0.3, -0.25) is 14.4 Å². The third kappa shape index (κ3) is 8.03. The molecular formula is C36H41N5O6. The number of hydrogen-bond acceptors (Lipinski definition) is 8. The first-order valence-corrected chi connectivity index (χ1v) is 16.0. The number of fused-ring (bicyclic) bond motifs is 1. The van der Waals surface area contributed by atoms with Crippen molar-refractivity contribution in [3.63, 3.8) is 0 Å². The fourth-order valence-corrected chi connectivity index (χ4v) is 5.85. The molecule has 0 radical (unpaired) electrons. The number of alkyl carbamates (subject to hydrolysis) is 1. The van der Waals surface area contributed by atoms with Gasteiger partial charge in [0.25, 0.3) is 0 Å². The van der Waals surface area contributed by atoms with E-state index in [2.05, 4.69) is 20.8 Å². The number of likely N-dealkylation sites (tertiary alicyclic amines) is 1. The van der Waals surface area contributed by atoms with E-state index in [1.807, 2.05) is 100 Å². The molecule has 11 nitrogen and oxygen atoms in total. The zero-order valence-electron chi connectivity index (χ0n) is 27.1. The number of carbonyl (C=O) groups excluding carboxylic acids is 4. The highest BCUT2D eigenvalue weighted by atomic mass is 16.5. The van der Waals surface area contributed by atoms with Gasteiger partial charge in [-0.05, 0) is 46.6 Å². The van der Waals surface area contributed by atoms with Gasteiger partial charge in [0, 0.05) is 6.54 Å². The third-order valence-corrected chi connectivity index (χ3v) is 8.41. The SMILES string of the molecule is CC(C)[C@H](NC(=O)C1CCCN1C(=O)[C@@H](NC(=O)OCc1ccccc1)C(C)C)C(=O)c1noc(Cc2cccc3ccccc23)n1. The molecule has 11 heteroatoms. The molecule has 1 aliphatic heterocycles. The van der Waals surface area contributed by atoms with E-state index in [0.717, 1.165) is 21.9 Å². The monoisotopic (exact) mass is 639 g/mol. The van der Waals surface area contributed by atoms with Gasteiger partial charge in [-0.25, -0.2) is 4.79 Å². The molecule has 0 saturated carbocycles. The second-order valence-corrected chi connectivity index (χ2v) is 12.5. The normalized spacial score (nSPS) is 15.9. The van der Waals surface area contributed by atoms with Crippen LogP contribution in [0.25, 0.3) is 10.8 Å². The van der Waals surface area contributed by atoms with E-state index in [-0.39, 0.29) is 30.2 Å². The number of carbonyl (C=O) groups is 4. The van der Waals surface area contributed by atoms with E-state index in [1.54, 1.807) is 0 Å². The van der Waals surface area contributed by atoms with Gasteiger partial charge in [-0.1, -0.05) is 106 Å². The highest BCUT2D eigenvalue weighted by Crippen LogP contribution is 2.23. The van der Waals surface area contributed by atoms with E-state index >= 15 is 0 Å². The second-order valence-electron chi connectivity index (χ2n) is 12.5. The Morgan fingerprint density at radius 2 is 1.60 bits per heavy atom. The number of ketones is 1. The summed E-state index contributed by atoms with van der Waals surface area (Å²) in [6, 6.07) is 20.6. The molecule has 5 rings (SSSR count). The fraction of sp³-hybridized carbons (Fsp3) is 0.389. The predicted octanol–water partition coefficient (Wildman–Crippen LogP) is 5.08. The number of amides is 3. The summed E-state index contributed by atoms with van der Waals surface area (Å²) in [4.78, 5) is 59.4. The van der Waals surface area contributed by atoms with Crippen LogP contribution in [0.15, 0.2) is 77.3 Å². The number of nitrogens with zero attached hydrogens (tertiary/aromatic N) is 3. The van der Waals surface area contributed by atoms with E-state index in [4.69, 9.17) is 9.26 Å². The van der Waals surface area contributed by atoms with Crippen LogP contribution < -0.4 is 10.6 Å². The molecule has 1 fully saturated rings. The molecule has 47 heavy (non-hydrogen) atoms. The van der Waals surface area contributed by atoms with Crippen molar-refractivity contribution in [2.24, 2.45) is 11.8 Å². The van der Waals surface area contributed by atoms with Crippen molar-refractivity contribution < 1.29 is 28.4 Å². The van der Waals surface area contributed by atoms with Gasteiger partial charge >= 0.3 is 6.09 Å². The van der Waals surface area contributed by atoms with Crippen molar-refractivity contribution in [1.29, 1.82) is 0 Å². The largest absolute Gasteiger partial charge is 0.445 e. The van der Waals surface area contributed by atoms with Crippen LogP contribution in [-0.4, -0.2) is 63.4 Å².